The van der Waals surface area contributed by atoms with Gasteiger partial charge in [0.05, 0.1) is 12.5 Å². The summed E-state index contributed by atoms with van der Waals surface area (Å²) in [5, 5.41) is 33.6. The molecule has 0 bridgehead atoms. The molecule has 0 aliphatic carbocycles. The Balaban J connectivity index is 5.54. The number of rotatable bonds is 15. The molecule has 0 aromatic heterocycles. The van der Waals surface area contributed by atoms with E-state index in [0.717, 1.165) is 0 Å². The minimum atomic E-state index is -1.41. The SMILES string of the molecule is CCC(C)C(NC(=O)C(N)CC(=O)O)C(=O)NC(CCC(=O)O)C(=O)NC(CS)C(=O)O. The molecule has 0 saturated heterocycles. The highest BCUT2D eigenvalue weighted by Gasteiger charge is 2.32. The second-order valence-electron chi connectivity index (χ2n) is 7.15. The van der Waals surface area contributed by atoms with Gasteiger partial charge in [0.1, 0.15) is 18.1 Å². The molecule has 0 radical (unpaired) electrons. The molecule has 13 nitrogen and oxygen atoms in total. The Bertz CT molecular complexity index is 719. The van der Waals surface area contributed by atoms with Gasteiger partial charge in [-0.05, 0) is 12.3 Å². The fourth-order valence-electron chi connectivity index (χ4n) is 2.50. The maximum absolute atomic E-state index is 12.8. The van der Waals surface area contributed by atoms with Crippen LogP contribution in [0.15, 0.2) is 0 Å². The van der Waals surface area contributed by atoms with Crippen LogP contribution in [-0.4, -0.2) is 80.9 Å². The number of hydrogen-bond acceptors (Lipinski definition) is 8. The Hall–Kier alpha value is -2.87. The van der Waals surface area contributed by atoms with Crippen LogP contribution in [0.1, 0.15) is 39.5 Å². The average Bonchev–Trinajstić information content (AvgIpc) is 2.70. The van der Waals surface area contributed by atoms with Crippen molar-refractivity contribution in [2.24, 2.45) is 11.7 Å². The van der Waals surface area contributed by atoms with E-state index >= 15 is 0 Å². The maximum Gasteiger partial charge on any atom is 0.327 e. The third kappa shape index (κ3) is 10.4. The summed E-state index contributed by atoms with van der Waals surface area (Å²) in [6.07, 6.45) is -1.09. The summed E-state index contributed by atoms with van der Waals surface area (Å²) in [4.78, 5) is 70.3. The van der Waals surface area contributed by atoms with Crippen molar-refractivity contribution in [1.82, 2.24) is 16.0 Å². The number of carbonyl (C=O) groups is 6. The first-order chi connectivity index (χ1) is 14.8. The van der Waals surface area contributed by atoms with Gasteiger partial charge in [0.15, 0.2) is 0 Å². The molecule has 8 N–H and O–H groups in total. The second kappa shape index (κ2) is 14.2. The van der Waals surface area contributed by atoms with E-state index in [-0.39, 0.29) is 12.2 Å². The summed E-state index contributed by atoms with van der Waals surface area (Å²) in [5.41, 5.74) is 5.52. The topological polar surface area (TPSA) is 225 Å². The summed E-state index contributed by atoms with van der Waals surface area (Å²) >= 11 is 3.83. The monoisotopic (exact) mass is 478 g/mol. The Kier molecular flexibility index (Phi) is 13.0. The van der Waals surface area contributed by atoms with Gasteiger partial charge in [0, 0.05) is 12.2 Å². The first-order valence-electron chi connectivity index (χ1n) is 9.77. The number of carboxylic acid groups (broad SMARTS) is 3. The van der Waals surface area contributed by atoms with Gasteiger partial charge in [-0.3, -0.25) is 24.0 Å². The first kappa shape index (κ1) is 29.1. The number of carboxylic acids is 3. The van der Waals surface area contributed by atoms with E-state index in [9.17, 15) is 28.8 Å². The molecule has 14 heteroatoms. The predicted octanol–water partition coefficient (Wildman–Crippen LogP) is -1.83. The van der Waals surface area contributed by atoms with Crippen molar-refractivity contribution in [3.05, 3.63) is 0 Å². The Morgan fingerprint density at radius 2 is 1.44 bits per heavy atom. The molecule has 5 atom stereocenters. The lowest BCUT2D eigenvalue weighted by Crippen LogP contribution is -2.59. The molecule has 0 aromatic carbocycles. The normalized spacial score (nSPS) is 15.4. The van der Waals surface area contributed by atoms with Gasteiger partial charge in [-0.15, -0.1) is 0 Å². The molecule has 0 saturated carbocycles. The van der Waals surface area contributed by atoms with Crippen LogP contribution in [0.25, 0.3) is 0 Å². The van der Waals surface area contributed by atoms with Gasteiger partial charge < -0.3 is 37.0 Å². The molecule has 0 rings (SSSR count). The number of nitrogens with two attached hydrogens (primary N) is 1. The fourth-order valence-corrected chi connectivity index (χ4v) is 2.75. The molecule has 0 heterocycles. The highest BCUT2D eigenvalue weighted by Crippen LogP contribution is 2.10. The summed E-state index contributed by atoms with van der Waals surface area (Å²) < 4.78 is 0. The van der Waals surface area contributed by atoms with Crippen LogP contribution >= 0.6 is 12.6 Å². The van der Waals surface area contributed by atoms with Gasteiger partial charge in [-0.2, -0.15) is 12.6 Å². The summed E-state index contributed by atoms with van der Waals surface area (Å²) in [7, 11) is 0. The molecule has 0 aliphatic heterocycles. The van der Waals surface area contributed by atoms with Gasteiger partial charge >= 0.3 is 17.9 Å². The maximum atomic E-state index is 12.8. The number of carbonyl (C=O) groups excluding carboxylic acids is 3. The van der Waals surface area contributed by atoms with Crippen LogP contribution in [0.2, 0.25) is 0 Å². The molecule has 5 unspecified atom stereocenters. The zero-order chi connectivity index (χ0) is 25.0. The van der Waals surface area contributed by atoms with Crippen molar-refractivity contribution in [3.8, 4) is 0 Å². The predicted molar refractivity (Wildman–Crippen MR) is 114 cm³/mol. The number of aliphatic carboxylic acids is 3. The summed E-state index contributed by atoms with van der Waals surface area (Å²) in [5.74, 6) is -7.27. The van der Waals surface area contributed by atoms with E-state index in [2.05, 4.69) is 28.6 Å². The quantitative estimate of drug-likeness (QED) is 0.123. The number of amides is 3. The van der Waals surface area contributed by atoms with Crippen molar-refractivity contribution in [3.63, 3.8) is 0 Å². The smallest absolute Gasteiger partial charge is 0.327 e. The molecule has 32 heavy (non-hydrogen) atoms. The molecule has 0 aromatic rings. The van der Waals surface area contributed by atoms with Crippen molar-refractivity contribution >= 4 is 48.3 Å². The molecule has 0 aliphatic rings. The van der Waals surface area contributed by atoms with Crippen molar-refractivity contribution in [2.45, 2.75) is 63.7 Å². The van der Waals surface area contributed by atoms with E-state index in [0.29, 0.717) is 6.42 Å². The molecular formula is C18H30N4O9S. The van der Waals surface area contributed by atoms with E-state index in [1.54, 1.807) is 13.8 Å². The third-order valence-corrected chi connectivity index (χ3v) is 4.97. The number of thiol groups is 1. The molecule has 0 fully saturated rings. The lowest BCUT2D eigenvalue weighted by Gasteiger charge is -2.27. The zero-order valence-electron chi connectivity index (χ0n) is 17.7. The third-order valence-electron chi connectivity index (χ3n) is 4.60. The minimum absolute atomic E-state index is 0.242. The van der Waals surface area contributed by atoms with Gasteiger partial charge in [-0.1, -0.05) is 20.3 Å². The lowest BCUT2D eigenvalue weighted by atomic mass is 9.97. The highest BCUT2D eigenvalue weighted by molar-refractivity contribution is 7.80. The largest absolute Gasteiger partial charge is 0.481 e. The minimum Gasteiger partial charge on any atom is -0.481 e. The standard InChI is InChI=1S/C18H30N4O9S/c1-3-8(2)14(22-15(27)9(19)6-13(25)26)17(29)20-10(4-5-12(23)24)16(28)21-11(7-32)18(30)31/h8-11,14,32H,3-7,19H2,1-2H3,(H,20,29)(H,21,28)(H,22,27)(H,23,24)(H,25,26)(H,30,31). The lowest BCUT2D eigenvalue weighted by molar-refractivity contribution is -0.142. The summed E-state index contributed by atoms with van der Waals surface area (Å²) in [6.45, 7) is 3.36. The Labute approximate surface area is 189 Å². The second-order valence-corrected chi connectivity index (χ2v) is 7.52. The number of nitrogens with one attached hydrogen (secondary N) is 3. The fraction of sp³-hybridized carbons (Fsp3) is 0.667. The molecule has 0 spiro atoms. The molecule has 182 valence electrons. The van der Waals surface area contributed by atoms with Gasteiger partial charge in [0.2, 0.25) is 17.7 Å². The zero-order valence-corrected chi connectivity index (χ0v) is 18.6. The Morgan fingerprint density at radius 3 is 1.88 bits per heavy atom. The van der Waals surface area contributed by atoms with Crippen molar-refractivity contribution in [2.75, 3.05) is 5.75 Å². The van der Waals surface area contributed by atoms with Gasteiger partial charge in [-0.25, -0.2) is 4.79 Å². The van der Waals surface area contributed by atoms with Crippen LogP contribution in [0.5, 0.6) is 0 Å². The average molecular weight is 479 g/mol. The first-order valence-corrected chi connectivity index (χ1v) is 10.4. The van der Waals surface area contributed by atoms with Crippen LogP contribution in [-0.2, 0) is 28.8 Å². The van der Waals surface area contributed by atoms with Crippen LogP contribution in [0.3, 0.4) is 0 Å². The molecule has 3 amide bonds. The van der Waals surface area contributed by atoms with Crippen molar-refractivity contribution < 1.29 is 44.1 Å². The van der Waals surface area contributed by atoms with Crippen molar-refractivity contribution in [1.29, 1.82) is 0 Å². The van der Waals surface area contributed by atoms with E-state index < -0.39 is 78.6 Å². The van der Waals surface area contributed by atoms with E-state index in [1.165, 1.54) is 0 Å². The van der Waals surface area contributed by atoms with Crippen LogP contribution in [0, 0.1) is 5.92 Å². The molecular weight excluding hydrogens is 448 g/mol. The highest BCUT2D eigenvalue weighted by atomic mass is 32.1. The number of hydrogen-bond donors (Lipinski definition) is 8. The summed E-state index contributed by atoms with van der Waals surface area (Å²) in [6, 6.07) is -5.39. The van der Waals surface area contributed by atoms with E-state index in [4.69, 9.17) is 21.1 Å². The van der Waals surface area contributed by atoms with E-state index in [1.807, 2.05) is 0 Å². The van der Waals surface area contributed by atoms with Crippen LogP contribution < -0.4 is 21.7 Å². The van der Waals surface area contributed by atoms with Crippen LogP contribution in [0.4, 0.5) is 0 Å². The van der Waals surface area contributed by atoms with Gasteiger partial charge in [0.25, 0.3) is 0 Å². The Morgan fingerprint density at radius 1 is 0.875 bits per heavy atom.